The summed E-state index contributed by atoms with van der Waals surface area (Å²) in [6.45, 7) is 1.84. The Bertz CT molecular complexity index is 641. The van der Waals surface area contributed by atoms with Crippen LogP contribution in [0.2, 0.25) is 0 Å². The highest BCUT2D eigenvalue weighted by Gasteiger charge is 2.11. The molecule has 96 valence electrons. The third-order valence-corrected chi connectivity index (χ3v) is 2.53. The molecule has 6 heteroatoms. The molecule has 2 aromatic rings. The number of rotatable bonds is 3. The molecular weight excluding hydrogens is 246 g/mol. The SMILES string of the molecule is Cc1ccncc1NC(=O)c1ccnc(C(=O)O)c1. The van der Waals surface area contributed by atoms with Gasteiger partial charge in [0.05, 0.1) is 11.9 Å². The van der Waals surface area contributed by atoms with Gasteiger partial charge in [-0.2, -0.15) is 0 Å². The number of aryl methyl sites for hydroxylation is 1. The van der Waals surface area contributed by atoms with Crippen LogP contribution in [0.4, 0.5) is 5.69 Å². The topological polar surface area (TPSA) is 92.2 Å². The van der Waals surface area contributed by atoms with Gasteiger partial charge in [0.2, 0.25) is 0 Å². The molecule has 0 fully saturated rings. The lowest BCUT2D eigenvalue weighted by atomic mass is 10.2. The summed E-state index contributed by atoms with van der Waals surface area (Å²) in [5.41, 5.74) is 1.52. The highest BCUT2D eigenvalue weighted by atomic mass is 16.4. The number of aromatic carboxylic acids is 1. The Hall–Kier alpha value is -2.76. The van der Waals surface area contributed by atoms with Crippen molar-refractivity contribution in [3.05, 3.63) is 53.6 Å². The number of pyridine rings is 2. The second-order valence-electron chi connectivity index (χ2n) is 3.88. The van der Waals surface area contributed by atoms with Crippen molar-refractivity contribution in [1.29, 1.82) is 0 Å². The van der Waals surface area contributed by atoms with Gasteiger partial charge in [-0.1, -0.05) is 0 Å². The summed E-state index contributed by atoms with van der Waals surface area (Å²) in [5, 5.41) is 11.5. The van der Waals surface area contributed by atoms with Crippen molar-refractivity contribution in [3.8, 4) is 0 Å². The number of carbonyl (C=O) groups excluding carboxylic acids is 1. The molecule has 0 saturated heterocycles. The number of aromatic nitrogens is 2. The van der Waals surface area contributed by atoms with Crippen molar-refractivity contribution in [2.75, 3.05) is 5.32 Å². The van der Waals surface area contributed by atoms with Crippen LogP contribution in [0.15, 0.2) is 36.8 Å². The molecule has 6 nitrogen and oxygen atoms in total. The van der Waals surface area contributed by atoms with Gasteiger partial charge in [0.15, 0.2) is 0 Å². The van der Waals surface area contributed by atoms with Crippen molar-refractivity contribution >= 4 is 17.6 Å². The number of carboxylic acid groups (broad SMARTS) is 1. The van der Waals surface area contributed by atoms with Gasteiger partial charge in [0.1, 0.15) is 5.69 Å². The number of nitrogens with one attached hydrogen (secondary N) is 1. The van der Waals surface area contributed by atoms with Gasteiger partial charge < -0.3 is 10.4 Å². The Morgan fingerprint density at radius 2 is 2.05 bits per heavy atom. The molecule has 0 radical (unpaired) electrons. The molecule has 2 N–H and O–H groups in total. The van der Waals surface area contributed by atoms with E-state index in [-0.39, 0.29) is 11.3 Å². The first-order valence-corrected chi connectivity index (χ1v) is 5.49. The molecule has 0 bridgehead atoms. The zero-order valence-electron chi connectivity index (χ0n) is 10.1. The fourth-order valence-electron chi connectivity index (χ4n) is 1.48. The van der Waals surface area contributed by atoms with Crippen LogP contribution in [0.25, 0.3) is 0 Å². The van der Waals surface area contributed by atoms with E-state index in [0.717, 1.165) is 5.56 Å². The van der Waals surface area contributed by atoms with Gasteiger partial charge >= 0.3 is 5.97 Å². The van der Waals surface area contributed by atoms with Crippen LogP contribution < -0.4 is 5.32 Å². The number of hydrogen-bond donors (Lipinski definition) is 2. The fourth-order valence-corrected chi connectivity index (χ4v) is 1.48. The van der Waals surface area contributed by atoms with Gasteiger partial charge in [-0.05, 0) is 30.7 Å². The highest BCUT2D eigenvalue weighted by molar-refractivity contribution is 6.05. The number of anilines is 1. The van der Waals surface area contributed by atoms with Crippen molar-refractivity contribution < 1.29 is 14.7 Å². The van der Waals surface area contributed by atoms with E-state index in [0.29, 0.717) is 5.69 Å². The number of hydrogen-bond acceptors (Lipinski definition) is 4. The zero-order chi connectivity index (χ0) is 13.8. The molecular formula is C13H11N3O3. The minimum Gasteiger partial charge on any atom is -0.477 e. The molecule has 0 aromatic carbocycles. The predicted octanol–water partition coefficient (Wildman–Crippen LogP) is 1.74. The summed E-state index contributed by atoms with van der Waals surface area (Å²) in [4.78, 5) is 30.3. The van der Waals surface area contributed by atoms with Gasteiger partial charge in [-0.25, -0.2) is 9.78 Å². The maximum Gasteiger partial charge on any atom is 0.354 e. The maximum absolute atomic E-state index is 12.0. The summed E-state index contributed by atoms with van der Waals surface area (Å²) in [7, 11) is 0. The third-order valence-electron chi connectivity index (χ3n) is 2.53. The first-order chi connectivity index (χ1) is 9.08. The number of amides is 1. The van der Waals surface area contributed by atoms with E-state index in [1.807, 2.05) is 6.92 Å². The minimum absolute atomic E-state index is 0.171. The molecule has 1 amide bonds. The normalized spacial score (nSPS) is 9.95. The largest absolute Gasteiger partial charge is 0.477 e. The van der Waals surface area contributed by atoms with E-state index in [2.05, 4.69) is 15.3 Å². The van der Waals surface area contributed by atoms with Crippen LogP contribution in [0.1, 0.15) is 26.4 Å². The van der Waals surface area contributed by atoms with Crippen LogP contribution in [0.3, 0.4) is 0 Å². The smallest absolute Gasteiger partial charge is 0.354 e. The van der Waals surface area contributed by atoms with E-state index in [1.165, 1.54) is 24.5 Å². The Labute approximate surface area is 109 Å². The van der Waals surface area contributed by atoms with Crippen LogP contribution in [-0.2, 0) is 0 Å². The lowest BCUT2D eigenvalue weighted by Crippen LogP contribution is -2.14. The summed E-state index contributed by atoms with van der Waals surface area (Å²) < 4.78 is 0. The average molecular weight is 257 g/mol. The molecule has 2 rings (SSSR count). The van der Waals surface area contributed by atoms with Crippen molar-refractivity contribution in [2.24, 2.45) is 0 Å². The second kappa shape index (κ2) is 5.26. The second-order valence-corrected chi connectivity index (χ2v) is 3.88. The predicted molar refractivity (Wildman–Crippen MR) is 68.1 cm³/mol. The maximum atomic E-state index is 12.0. The van der Waals surface area contributed by atoms with Crippen molar-refractivity contribution in [1.82, 2.24) is 9.97 Å². The zero-order valence-corrected chi connectivity index (χ0v) is 10.1. The molecule has 0 unspecified atom stereocenters. The highest BCUT2D eigenvalue weighted by Crippen LogP contribution is 2.13. The molecule has 2 aromatic heterocycles. The van der Waals surface area contributed by atoms with E-state index < -0.39 is 11.9 Å². The summed E-state index contributed by atoms with van der Waals surface area (Å²) >= 11 is 0. The number of carbonyl (C=O) groups is 2. The first kappa shape index (κ1) is 12.7. The number of nitrogens with zero attached hydrogens (tertiary/aromatic N) is 2. The lowest BCUT2D eigenvalue weighted by Gasteiger charge is -2.07. The fraction of sp³-hybridized carbons (Fsp3) is 0.0769. The van der Waals surface area contributed by atoms with Gasteiger partial charge in [0, 0.05) is 18.0 Å². The third kappa shape index (κ3) is 2.92. The summed E-state index contributed by atoms with van der Waals surface area (Å²) in [6, 6.07) is 4.45. The van der Waals surface area contributed by atoms with E-state index in [4.69, 9.17) is 5.11 Å². The first-order valence-electron chi connectivity index (χ1n) is 5.49. The number of carboxylic acids is 1. The van der Waals surface area contributed by atoms with E-state index >= 15 is 0 Å². The van der Waals surface area contributed by atoms with Gasteiger partial charge in [-0.3, -0.25) is 9.78 Å². The minimum atomic E-state index is -1.17. The molecule has 0 spiro atoms. The molecule has 0 aliphatic carbocycles. The van der Waals surface area contributed by atoms with E-state index in [9.17, 15) is 9.59 Å². The Morgan fingerprint density at radius 1 is 1.26 bits per heavy atom. The Balaban J connectivity index is 2.23. The Kier molecular flexibility index (Phi) is 3.51. The van der Waals surface area contributed by atoms with Gasteiger partial charge in [-0.15, -0.1) is 0 Å². The average Bonchev–Trinajstić information content (AvgIpc) is 2.41. The van der Waals surface area contributed by atoms with Crippen molar-refractivity contribution in [3.63, 3.8) is 0 Å². The molecule has 0 atom stereocenters. The Morgan fingerprint density at radius 3 is 2.74 bits per heavy atom. The van der Waals surface area contributed by atoms with Crippen LogP contribution in [0.5, 0.6) is 0 Å². The van der Waals surface area contributed by atoms with Gasteiger partial charge in [0.25, 0.3) is 5.91 Å². The molecule has 2 heterocycles. The standard InChI is InChI=1S/C13H11N3O3/c1-8-2-4-14-7-11(8)16-12(17)9-3-5-15-10(6-9)13(18)19/h2-7H,1H3,(H,16,17)(H,18,19). The summed E-state index contributed by atoms with van der Waals surface area (Å²) in [5.74, 6) is -1.58. The quantitative estimate of drug-likeness (QED) is 0.873. The van der Waals surface area contributed by atoms with Crippen LogP contribution in [0, 0.1) is 6.92 Å². The molecule has 19 heavy (non-hydrogen) atoms. The molecule has 0 aliphatic rings. The van der Waals surface area contributed by atoms with Crippen LogP contribution >= 0.6 is 0 Å². The van der Waals surface area contributed by atoms with E-state index in [1.54, 1.807) is 12.3 Å². The van der Waals surface area contributed by atoms with Crippen LogP contribution in [-0.4, -0.2) is 27.0 Å². The molecule has 0 aliphatic heterocycles. The van der Waals surface area contributed by atoms with Crippen molar-refractivity contribution in [2.45, 2.75) is 6.92 Å². The molecule has 0 saturated carbocycles. The monoisotopic (exact) mass is 257 g/mol. The summed E-state index contributed by atoms with van der Waals surface area (Å²) in [6.07, 6.45) is 4.45. The lowest BCUT2D eigenvalue weighted by molar-refractivity contribution is 0.0690.